The van der Waals surface area contributed by atoms with E-state index in [1.807, 2.05) is 38.1 Å². The number of rotatable bonds is 5. The number of nitrogens with zero attached hydrogens (tertiary/aromatic N) is 5. The molecule has 0 fully saturated rings. The van der Waals surface area contributed by atoms with Crippen LogP contribution in [0.3, 0.4) is 0 Å². The lowest BCUT2D eigenvalue weighted by Crippen LogP contribution is -2.14. The molecular formula is C18H17N7. The Hall–Kier alpha value is -3.53. The first-order chi connectivity index (χ1) is 12.1. The first-order valence-corrected chi connectivity index (χ1v) is 7.85. The van der Waals surface area contributed by atoms with Gasteiger partial charge in [0.25, 0.3) is 0 Å². The van der Waals surface area contributed by atoms with E-state index in [2.05, 4.69) is 36.6 Å². The SMILES string of the molecule is CC(C)Nc1nc(Nc2cccc(C#N)c2)nc(-c2ccccn2)n1. The number of hydrogen-bond acceptors (Lipinski definition) is 7. The molecule has 25 heavy (non-hydrogen) atoms. The predicted octanol–water partition coefficient (Wildman–Crippen LogP) is 3.37. The summed E-state index contributed by atoms with van der Waals surface area (Å²) in [6.45, 7) is 4.02. The maximum Gasteiger partial charge on any atom is 0.232 e. The molecule has 7 heteroatoms. The van der Waals surface area contributed by atoms with E-state index in [9.17, 15) is 0 Å². The van der Waals surface area contributed by atoms with Crippen LogP contribution in [0.1, 0.15) is 19.4 Å². The molecule has 0 aliphatic rings. The van der Waals surface area contributed by atoms with Gasteiger partial charge in [0.15, 0.2) is 5.82 Å². The Bertz CT molecular complexity index is 901. The summed E-state index contributed by atoms with van der Waals surface area (Å²) in [5.74, 6) is 1.32. The van der Waals surface area contributed by atoms with Crippen LogP contribution in [0.2, 0.25) is 0 Å². The highest BCUT2D eigenvalue weighted by atomic mass is 15.2. The third kappa shape index (κ3) is 4.26. The predicted molar refractivity (Wildman–Crippen MR) is 96.3 cm³/mol. The third-order valence-electron chi connectivity index (χ3n) is 3.19. The van der Waals surface area contributed by atoms with Crippen LogP contribution in [0, 0.1) is 11.3 Å². The maximum absolute atomic E-state index is 9.03. The summed E-state index contributed by atoms with van der Waals surface area (Å²) in [6, 6.07) is 15.0. The number of hydrogen-bond donors (Lipinski definition) is 2. The smallest absolute Gasteiger partial charge is 0.232 e. The molecule has 0 aliphatic heterocycles. The van der Waals surface area contributed by atoms with Gasteiger partial charge in [-0.15, -0.1) is 0 Å². The van der Waals surface area contributed by atoms with Crippen molar-refractivity contribution in [3.63, 3.8) is 0 Å². The summed E-state index contributed by atoms with van der Waals surface area (Å²) in [6.07, 6.45) is 1.69. The lowest BCUT2D eigenvalue weighted by Gasteiger charge is -2.12. The van der Waals surface area contributed by atoms with Gasteiger partial charge in [-0.05, 0) is 44.2 Å². The van der Waals surface area contributed by atoms with Gasteiger partial charge < -0.3 is 10.6 Å². The van der Waals surface area contributed by atoms with Crippen molar-refractivity contribution < 1.29 is 0 Å². The van der Waals surface area contributed by atoms with Gasteiger partial charge in [-0.3, -0.25) is 4.98 Å². The van der Waals surface area contributed by atoms with Gasteiger partial charge in [0.1, 0.15) is 5.69 Å². The molecule has 7 nitrogen and oxygen atoms in total. The molecule has 0 amide bonds. The van der Waals surface area contributed by atoms with Crippen LogP contribution in [0.25, 0.3) is 11.5 Å². The minimum Gasteiger partial charge on any atom is -0.352 e. The Balaban J connectivity index is 1.98. The monoisotopic (exact) mass is 331 g/mol. The molecule has 2 heterocycles. The fraction of sp³-hybridized carbons (Fsp3) is 0.167. The second-order valence-electron chi connectivity index (χ2n) is 5.64. The highest BCUT2D eigenvalue weighted by Crippen LogP contribution is 2.19. The van der Waals surface area contributed by atoms with Gasteiger partial charge >= 0.3 is 0 Å². The van der Waals surface area contributed by atoms with E-state index in [0.717, 1.165) is 5.69 Å². The average molecular weight is 331 g/mol. The van der Waals surface area contributed by atoms with Crippen LogP contribution in [-0.2, 0) is 0 Å². The molecule has 0 spiro atoms. The zero-order valence-corrected chi connectivity index (χ0v) is 13.9. The number of nitrogens with one attached hydrogen (secondary N) is 2. The van der Waals surface area contributed by atoms with Crippen LogP contribution < -0.4 is 10.6 Å². The van der Waals surface area contributed by atoms with Crippen LogP contribution in [0.5, 0.6) is 0 Å². The molecule has 0 atom stereocenters. The minimum absolute atomic E-state index is 0.175. The van der Waals surface area contributed by atoms with Gasteiger partial charge in [0.2, 0.25) is 11.9 Å². The summed E-state index contributed by atoms with van der Waals surface area (Å²) in [4.78, 5) is 17.6. The van der Waals surface area contributed by atoms with Crippen LogP contribution in [0.15, 0.2) is 48.7 Å². The van der Waals surface area contributed by atoms with Crippen LogP contribution in [0.4, 0.5) is 17.6 Å². The minimum atomic E-state index is 0.175. The Morgan fingerprint density at radius 2 is 1.84 bits per heavy atom. The summed E-state index contributed by atoms with van der Waals surface area (Å²) < 4.78 is 0. The van der Waals surface area contributed by atoms with E-state index in [1.54, 1.807) is 24.4 Å². The molecule has 3 rings (SSSR count). The molecular weight excluding hydrogens is 314 g/mol. The zero-order chi connectivity index (χ0) is 17.6. The summed E-state index contributed by atoms with van der Waals surface area (Å²) in [5.41, 5.74) is 1.95. The lowest BCUT2D eigenvalue weighted by atomic mass is 10.2. The van der Waals surface area contributed by atoms with Gasteiger partial charge in [0.05, 0.1) is 11.6 Å². The second kappa shape index (κ2) is 7.36. The highest BCUT2D eigenvalue weighted by molar-refractivity contribution is 5.60. The fourth-order valence-corrected chi connectivity index (χ4v) is 2.16. The Morgan fingerprint density at radius 1 is 1.00 bits per heavy atom. The van der Waals surface area contributed by atoms with Crippen molar-refractivity contribution >= 4 is 17.6 Å². The molecule has 2 aromatic heterocycles. The standard InChI is InChI=1S/C18H17N7/c1-12(2)21-17-23-16(15-8-3-4-9-20-15)24-18(25-17)22-14-7-5-6-13(10-14)11-19/h3-10,12H,1-2H3,(H2,21,22,23,24,25). The molecule has 0 saturated heterocycles. The molecule has 0 aliphatic carbocycles. The van der Waals surface area contributed by atoms with Gasteiger partial charge in [0, 0.05) is 17.9 Å². The van der Waals surface area contributed by atoms with Crippen LogP contribution in [-0.4, -0.2) is 26.0 Å². The molecule has 1 aromatic carbocycles. The summed E-state index contributed by atoms with van der Waals surface area (Å²) in [5, 5.41) is 15.3. The third-order valence-corrected chi connectivity index (χ3v) is 3.19. The summed E-state index contributed by atoms with van der Waals surface area (Å²) >= 11 is 0. The summed E-state index contributed by atoms with van der Waals surface area (Å²) in [7, 11) is 0. The largest absolute Gasteiger partial charge is 0.352 e. The molecule has 0 radical (unpaired) electrons. The molecule has 3 aromatic rings. The number of benzene rings is 1. The number of nitriles is 1. The van der Waals surface area contributed by atoms with E-state index in [4.69, 9.17) is 5.26 Å². The van der Waals surface area contributed by atoms with Crippen molar-refractivity contribution in [2.24, 2.45) is 0 Å². The van der Waals surface area contributed by atoms with Gasteiger partial charge in [-0.25, -0.2) is 0 Å². The number of anilines is 3. The Morgan fingerprint density at radius 3 is 2.56 bits per heavy atom. The maximum atomic E-state index is 9.03. The Kier molecular flexibility index (Phi) is 4.81. The van der Waals surface area contributed by atoms with Gasteiger partial charge in [-0.1, -0.05) is 12.1 Å². The van der Waals surface area contributed by atoms with Crippen molar-refractivity contribution in [3.05, 3.63) is 54.2 Å². The van der Waals surface area contributed by atoms with Crippen molar-refractivity contribution in [2.75, 3.05) is 10.6 Å². The van der Waals surface area contributed by atoms with E-state index >= 15 is 0 Å². The van der Waals surface area contributed by atoms with Crippen molar-refractivity contribution in [1.29, 1.82) is 5.26 Å². The highest BCUT2D eigenvalue weighted by Gasteiger charge is 2.10. The first kappa shape index (κ1) is 16.3. The molecule has 0 bridgehead atoms. The van der Waals surface area contributed by atoms with Crippen molar-refractivity contribution in [1.82, 2.24) is 19.9 Å². The quantitative estimate of drug-likeness (QED) is 0.739. The number of aromatic nitrogens is 4. The van der Waals surface area contributed by atoms with E-state index in [0.29, 0.717) is 29.0 Å². The molecule has 0 unspecified atom stereocenters. The fourth-order valence-electron chi connectivity index (χ4n) is 2.16. The molecule has 124 valence electrons. The Labute approximate surface area is 145 Å². The van der Waals surface area contributed by atoms with Gasteiger partial charge in [-0.2, -0.15) is 20.2 Å². The van der Waals surface area contributed by atoms with E-state index in [1.165, 1.54) is 0 Å². The van der Waals surface area contributed by atoms with E-state index in [-0.39, 0.29) is 6.04 Å². The van der Waals surface area contributed by atoms with Crippen molar-refractivity contribution in [3.8, 4) is 17.6 Å². The first-order valence-electron chi connectivity index (χ1n) is 7.85. The van der Waals surface area contributed by atoms with Crippen LogP contribution >= 0.6 is 0 Å². The molecule has 2 N–H and O–H groups in total. The van der Waals surface area contributed by atoms with E-state index < -0.39 is 0 Å². The average Bonchev–Trinajstić information content (AvgIpc) is 2.62. The topological polar surface area (TPSA) is 99.4 Å². The van der Waals surface area contributed by atoms with Crippen molar-refractivity contribution in [2.45, 2.75) is 19.9 Å². The second-order valence-corrected chi connectivity index (χ2v) is 5.64. The normalized spacial score (nSPS) is 10.3. The molecule has 0 saturated carbocycles. The lowest BCUT2D eigenvalue weighted by molar-refractivity contribution is 0.869. The zero-order valence-electron chi connectivity index (χ0n) is 13.9. The number of pyridine rings is 1.